The molecular formula is C13H23ClN2O. The van der Waals surface area contributed by atoms with Crippen LogP contribution in [0, 0.1) is 0 Å². The third-order valence-electron chi connectivity index (χ3n) is 3.01. The zero-order valence-electron chi connectivity index (χ0n) is 10.8. The monoisotopic (exact) mass is 258 g/mol. The van der Waals surface area contributed by atoms with Gasteiger partial charge in [-0.15, -0.1) is 12.4 Å². The van der Waals surface area contributed by atoms with Gasteiger partial charge in [0.1, 0.15) is 5.75 Å². The maximum absolute atomic E-state index is 5.62. The van der Waals surface area contributed by atoms with Gasteiger partial charge in [-0.3, -0.25) is 0 Å². The quantitative estimate of drug-likeness (QED) is 0.848. The molecule has 0 heterocycles. The summed E-state index contributed by atoms with van der Waals surface area (Å²) < 4.78 is 5.12. The summed E-state index contributed by atoms with van der Waals surface area (Å²) in [6.45, 7) is 3.89. The highest BCUT2D eigenvalue weighted by atomic mass is 35.5. The first-order valence-corrected chi connectivity index (χ1v) is 5.70. The van der Waals surface area contributed by atoms with Gasteiger partial charge in [0, 0.05) is 19.1 Å². The number of halogens is 1. The van der Waals surface area contributed by atoms with E-state index in [0.717, 1.165) is 18.7 Å². The van der Waals surface area contributed by atoms with Gasteiger partial charge in [-0.2, -0.15) is 0 Å². The number of nitrogens with two attached hydrogens (primary N) is 1. The Morgan fingerprint density at radius 1 is 1.29 bits per heavy atom. The number of hydrogen-bond acceptors (Lipinski definition) is 3. The number of nitrogens with zero attached hydrogens (tertiary/aromatic N) is 1. The normalized spacial score (nSPS) is 12.1. The van der Waals surface area contributed by atoms with Crippen LogP contribution in [-0.2, 0) is 6.42 Å². The zero-order chi connectivity index (χ0) is 12.0. The molecule has 2 N–H and O–H groups in total. The van der Waals surface area contributed by atoms with E-state index in [1.165, 1.54) is 5.56 Å². The first kappa shape index (κ1) is 16.2. The fraction of sp³-hybridized carbons (Fsp3) is 0.538. The lowest BCUT2D eigenvalue weighted by molar-refractivity contribution is 0.266. The SMILES string of the molecule is COc1ccc(CCN(C)C(C)CN)cc1.Cl. The molecule has 1 rings (SSSR count). The Balaban J connectivity index is 0.00000256. The van der Waals surface area contributed by atoms with Gasteiger partial charge in [0.05, 0.1) is 7.11 Å². The van der Waals surface area contributed by atoms with Crippen molar-refractivity contribution in [2.24, 2.45) is 5.73 Å². The van der Waals surface area contributed by atoms with Crippen molar-refractivity contribution in [3.05, 3.63) is 29.8 Å². The third kappa shape index (κ3) is 5.39. The molecule has 0 amide bonds. The molecule has 0 aliphatic heterocycles. The van der Waals surface area contributed by atoms with Crippen molar-refractivity contribution >= 4 is 12.4 Å². The lowest BCUT2D eigenvalue weighted by Crippen LogP contribution is -2.36. The first-order valence-electron chi connectivity index (χ1n) is 5.70. The number of ether oxygens (including phenoxy) is 1. The smallest absolute Gasteiger partial charge is 0.118 e. The summed E-state index contributed by atoms with van der Waals surface area (Å²) in [5.41, 5.74) is 6.95. The third-order valence-corrected chi connectivity index (χ3v) is 3.01. The Bertz CT molecular complexity index is 303. The zero-order valence-corrected chi connectivity index (χ0v) is 11.7. The van der Waals surface area contributed by atoms with Gasteiger partial charge in [0.25, 0.3) is 0 Å². The van der Waals surface area contributed by atoms with Crippen molar-refractivity contribution in [2.75, 3.05) is 27.2 Å². The number of methoxy groups -OCH3 is 1. The minimum atomic E-state index is 0. The van der Waals surface area contributed by atoms with E-state index >= 15 is 0 Å². The molecule has 0 aromatic heterocycles. The van der Waals surface area contributed by atoms with Crippen LogP contribution >= 0.6 is 12.4 Å². The van der Waals surface area contributed by atoms with Crippen LogP contribution < -0.4 is 10.5 Å². The first-order chi connectivity index (χ1) is 7.67. The Labute approximate surface area is 110 Å². The lowest BCUT2D eigenvalue weighted by atomic mass is 10.1. The summed E-state index contributed by atoms with van der Waals surface area (Å²) in [7, 11) is 3.80. The Morgan fingerprint density at radius 3 is 2.35 bits per heavy atom. The van der Waals surface area contributed by atoms with E-state index in [-0.39, 0.29) is 12.4 Å². The summed E-state index contributed by atoms with van der Waals surface area (Å²) in [6.07, 6.45) is 1.05. The van der Waals surface area contributed by atoms with Gasteiger partial charge >= 0.3 is 0 Å². The van der Waals surface area contributed by atoms with Crippen LogP contribution in [0.4, 0.5) is 0 Å². The van der Waals surface area contributed by atoms with E-state index in [9.17, 15) is 0 Å². The van der Waals surface area contributed by atoms with Gasteiger partial charge in [-0.1, -0.05) is 12.1 Å². The van der Waals surface area contributed by atoms with Crippen molar-refractivity contribution in [2.45, 2.75) is 19.4 Å². The molecule has 0 aliphatic rings. The molecule has 0 aliphatic carbocycles. The van der Waals surface area contributed by atoms with Gasteiger partial charge in [0.2, 0.25) is 0 Å². The van der Waals surface area contributed by atoms with Gasteiger partial charge in [0.15, 0.2) is 0 Å². The summed E-state index contributed by atoms with van der Waals surface area (Å²) in [6, 6.07) is 8.67. The fourth-order valence-electron chi connectivity index (χ4n) is 1.50. The van der Waals surface area contributed by atoms with E-state index in [1.807, 2.05) is 12.1 Å². The maximum Gasteiger partial charge on any atom is 0.118 e. The Hall–Kier alpha value is -0.770. The highest BCUT2D eigenvalue weighted by Gasteiger charge is 2.06. The molecule has 1 aromatic carbocycles. The lowest BCUT2D eigenvalue weighted by Gasteiger charge is -2.23. The predicted octanol–water partition coefficient (Wildman–Crippen LogP) is 1.94. The number of benzene rings is 1. The van der Waals surface area contributed by atoms with Gasteiger partial charge in [-0.25, -0.2) is 0 Å². The number of hydrogen-bond donors (Lipinski definition) is 1. The molecule has 1 atom stereocenters. The van der Waals surface area contributed by atoms with Crippen molar-refractivity contribution in [3.8, 4) is 5.75 Å². The van der Waals surface area contributed by atoms with Crippen LogP contribution in [0.3, 0.4) is 0 Å². The standard InChI is InChI=1S/C13H22N2O.ClH/c1-11(10-14)15(2)9-8-12-4-6-13(16-3)7-5-12;/h4-7,11H,8-10,14H2,1-3H3;1H. The Morgan fingerprint density at radius 2 is 1.88 bits per heavy atom. The van der Waals surface area contributed by atoms with E-state index < -0.39 is 0 Å². The van der Waals surface area contributed by atoms with Crippen molar-refractivity contribution in [1.82, 2.24) is 4.90 Å². The molecule has 17 heavy (non-hydrogen) atoms. The van der Waals surface area contributed by atoms with Crippen LogP contribution in [0.25, 0.3) is 0 Å². The van der Waals surface area contributed by atoms with Gasteiger partial charge < -0.3 is 15.4 Å². The second-order valence-corrected chi connectivity index (χ2v) is 4.16. The predicted molar refractivity (Wildman–Crippen MR) is 75.1 cm³/mol. The molecule has 98 valence electrons. The molecule has 1 unspecified atom stereocenters. The minimum Gasteiger partial charge on any atom is -0.497 e. The molecule has 0 saturated heterocycles. The second-order valence-electron chi connectivity index (χ2n) is 4.16. The molecule has 0 spiro atoms. The van der Waals surface area contributed by atoms with E-state index in [1.54, 1.807) is 7.11 Å². The van der Waals surface area contributed by atoms with E-state index in [2.05, 4.69) is 31.0 Å². The molecule has 3 nitrogen and oxygen atoms in total. The average Bonchev–Trinajstić information content (AvgIpc) is 2.35. The highest BCUT2D eigenvalue weighted by Crippen LogP contribution is 2.12. The average molecular weight is 259 g/mol. The molecule has 1 aromatic rings. The molecule has 0 radical (unpaired) electrons. The van der Waals surface area contributed by atoms with Gasteiger partial charge in [-0.05, 0) is 38.1 Å². The van der Waals surface area contributed by atoms with Crippen molar-refractivity contribution < 1.29 is 4.74 Å². The van der Waals surface area contributed by atoms with E-state index in [4.69, 9.17) is 10.5 Å². The summed E-state index contributed by atoms with van der Waals surface area (Å²) >= 11 is 0. The number of rotatable bonds is 6. The molecule has 0 saturated carbocycles. The molecule has 0 bridgehead atoms. The Kier molecular flexibility index (Phi) is 7.96. The maximum atomic E-state index is 5.62. The van der Waals surface area contributed by atoms with Crippen LogP contribution in [-0.4, -0.2) is 38.2 Å². The fourth-order valence-corrected chi connectivity index (χ4v) is 1.50. The summed E-state index contributed by atoms with van der Waals surface area (Å²) in [5.74, 6) is 0.910. The van der Waals surface area contributed by atoms with Crippen molar-refractivity contribution in [3.63, 3.8) is 0 Å². The molecular weight excluding hydrogens is 236 g/mol. The largest absolute Gasteiger partial charge is 0.497 e. The summed E-state index contributed by atoms with van der Waals surface area (Å²) in [5, 5.41) is 0. The van der Waals surface area contributed by atoms with Crippen LogP contribution in [0.2, 0.25) is 0 Å². The van der Waals surface area contributed by atoms with Crippen molar-refractivity contribution in [1.29, 1.82) is 0 Å². The molecule has 0 fully saturated rings. The topological polar surface area (TPSA) is 38.5 Å². The second kappa shape index (κ2) is 8.34. The van der Waals surface area contributed by atoms with E-state index in [0.29, 0.717) is 12.6 Å². The van der Waals surface area contributed by atoms with Crippen LogP contribution in [0.1, 0.15) is 12.5 Å². The summed E-state index contributed by atoms with van der Waals surface area (Å²) in [4.78, 5) is 2.28. The molecule has 4 heteroatoms. The number of likely N-dealkylation sites (N-methyl/N-ethyl adjacent to an activating group) is 1. The van der Waals surface area contributed by atoms with Crippen LogP contribution in [0.15, 0.2) is 24.3 Å². The van der Waals surface area contributed by atoms with Crippen LogP contribution in [0.5, 0.6) is 5.75 Å². The highest BCUT2D eigenvalue weighted by molar-refractivity contribution is 5.85. The minimum absolute atomic E-state index is 0.